The molecule has 1 amide bonds. The normalized spacial score (nSPS) is 9.88. The minimum absolute atomic E-state index is 0.0804. The molecule has 0 fully saturated rings. The number of amides is 1. The number of phenolic OH excluding ortho intramolecular Hbond substituents is 1. The molecule has 0 saturated carbocycles. The van der Waals surface area contributed by atoms with E-state index in [1.807, 2.05) is 0 Å². The Morgan fingerprint density at radius 3 is 2.82 bits per heavy atom. The van der Waals surface area contributed by atoms with Crippen LogP contribution in [0.15, 0.2) is 42.6 Å². The Balaban J connectivity index is 2.20. The minimum atomic E-state index is -0.409. The van der Waals surface area contributed by atoms with Crippen LogP contribution in [0.25, 0.3) is 0 Å². The summed E-state index contributed by atoms with van der Waals surface area (Å²) in [7, 11) is 0. The van der Waals surface area contributed by atoms with Gasteiger partial charge in [0.1, 0.15) is 5.75 Å². The summed E-state index contributed by atoms with van der Waals surface area (Å²) in [5.41, 5.74) is 6.59. The molecular formula is C12H11N3O2. The van der Waals surface area contributed by atoms with E-state index in [9.17, 15) is 9.90 Å². The number of phenols is 1. The van der Waals surface area contributed by atoms with Crippen molar-refractivity contribution in [2.45, 2.75) is 0 Å². The van der Waals surface area contributed by atoms with Crippen LogP contribution in [0.1, 0.15) is 10.5 Å². The molecule has 0 unspecified atom stereocenters. The zero-order valence-corrected chi connectivity index (χ0v) is 8.92. The van der Waals surface area contributed by atoms with E-state index < -0.39 is 5.91 Å². The number of pyridine rings is 1. The number of nitrogens with one attached hydrogen (secondary N) is 1. The van der Waals surface area contributed by atoms with E-state index >= 15 is 0 Å². The molecule has 1 aromatic heterocycles. The summed E-state index contributed by atoms with van der Waals surface area (Å²) in [6.07, 6.45) is 1.49. The number of anilines is 2. The lowest BCUT2D eigenvalue weighted by atomic mass is 10.2. The van der Waals surface area contributed by atoms with Gasteiger partial charge in [0.15, 0.2) is 5.69 Å². The van der Waals surface area contributed by atoms with Crippen molar-refractivity contribution in [2.75, 3.05) is 11.1 Å². The monoisotopic (exact) mass is 229 g/mol. The number of nitrogens with two attached hydrogens (primary N) is 1. The number of aromatic nitrogens is 1. The van der Waals surface area contributed by atoms with Crippen LogP contribution in [-0.4, -0.2) is 16.0 Å². The maximum atomic E-state index is 11.8. The summed E-state index contributed by atoms with van der Waals surface area (Å²) in [5, 5.41) is 11.9. The maximum absolute atomic E-state index is 11.8. The third-order valence-corrected chi connectivity index (χ3v) is 2.16. The lowest BCUT2D eigenvalue weighted by Gasteiger charge is -2.06. The van der Waals surface area contributed by atoms with Crippen LogP contribution < -0.4 is 11.1 Å². The molecule has 0 saturated heterocycles. The molecule has 0 atom stereocenters. The summed E-state index contributed by atoms with van der Waals surface area (Å²) in [6, 6.07) is 9.51. The van der Waals surface area contributed by atoms with Gasteiger partial charge in [-0.2, -0.15) is 0 Å². The zero-order valence-electron chi connectivity index (χ0n) is 8.92. The molecule has 4 N–H and O–H groups in total. The quantitative estimate of drug-likeness (QED) is 0.730. The zero-order chi connectivity index (χ0) is 12.3. The molecule has 1 aromatic carbocycles. The third-order valence-electron chi connectivity index (χ3n) is 2.16. The lowest BCUT2D eigenvalue weighted by Crippen LogP contribution is -2.15. The average Bonchev–Trinajstić information content (AvgIpc) is 2.29. The first-order chi connectivity index (χ1) is 8.16. The van der Waals surface area contributed by atoms with E-state index in [2.05, 4.69) is 10.3 Å². The Kier molecular flexibility index (Phi) is 2.91. The molecule has 2 aromatic rings. The summed E-state index contributed by atoms with van der Waals surface area (Å²) < 4.78 is 0. The topological polar surface area (TPSA) is 88.2 Å². The van der Waals surface area contributed by atoms with Crippen molar-refractivity contribution >= 4 is 17.3 Å². The van der Waals surface area contributed by atoms with Gasteiger partial charge in [0, 0.05) is 18.0 Å². The highest BCUT2D eigenvalue weighted by molar-refractivity contribution is 6.06. The molecular weight excluding hydrogens is 218 g/mol. The molecule has 17 heavy (non-hydrogen) atoms. The van der Waals surface area contributed by atoms with Crippen LogP contribution in [0, 0.1) is 0 Å². The van der Waals surface area contributed by atoms with Gasteiger partial charge >= 0.3 is 0 Å². The summed E-state index contributed by atoms with van der Waals surface area (Å²) in [6.45, 7) is 0. The van der Waals surface area contributed by atoms with Crippen LogP contribution in [0.5, 0.6) is 5.75 Å². The standard InChI is InChI=1S/C12H11N3O2/c13-10-5-2-6-14-11(10)12(17)15-8-3-1-4-9(16)7-8/h1-7,16H,13H2,(H,15,17). The van der Waals surface area contributed by atoms with Crippen LogP contribution >= 0.6 is 0 Å². The highest BCUT2D eigenvalue weighted by atomic mass is 16.3. The molecule has 0 radical (unpaired) electrons. The highest BCUT2D eigenvalue weighted by Crippen LogP contribution is 2.17. The van der Waals surface area contributed by atoms with Crippen LogP contribution in [0.4, 0.5) is 11.4 Å². The summed E-state index contributed by atoms with van der Waals surface area (Å²) in [5.74, 6) is -0.328. The van der Waals surface area contributed by atoms with E-state index in [-0.39, 0.29) is 11.4 Å². The Bertz CT molecular complexity index is 555. The number of hydrogen-bond acceptors (Lipinski definition) is 4. The Morgan fingerprint density at radius 2 is 2.12 bits per heavy atom. The predicted molar refractivity (Wildman–Crippen MR) is 64.7 cm³/mol. The molecule has 0 aliphatic heterocycles. The third kappa shape index (κ3) is 2.52. The van der Waals surface area contributed by atoms with Gasteiger partial charge in [-0.05, 0) is 24.3 Å². The van der Waals surface area contributed by atoms with Gasteiger partial charge in [0.25, 0.3) is 5.91 Å². The fraction of sp³-hybridized carbons (Fsp3) is 0. The van der Waals surface area contributed by atoms with Gasteiger partial charge in [0.2, 0.25) is 0 Å². The Hall–Kier alpha value is -2.56. The van der Waals surface area contributed by atoms with Gasteiger partial charge in [-0.3, -0.25) is 4.79 Å². The summed E-state index contributed by atoms with van der Waals surface area (Å²) >= 11 is 0. The van der Waals surface area contributed by atoms with Gasteiger partial charge in [-0.15, -0.1) is 0 Å². The van der Waals surface area contributed by atoms with Crippen molar-refractivity contribution in [3.63, 3.8) is 0 Å². The first-order valence-electron chi connectivity index (χ1n) is 4.97. The second-order valence-corrected chi connectivity index (χ2v) is 3.45. The number of nitrogen functional groups attached to an aromatic ring is 1. The first-order valence-corrected chi connectivity index (χ1v) is 4.97. The summed E-state index contributed by atoms with van der Waals surface area (Å²) in [4.78, 5) is 15.7. The van der Waals surface area contributed by atoms with E-state index in [1.165, 1.54) is 18.3 Å². The van der Waals surface area contributed by atoms with Crippen molar-refractivity contribution in [1.29, 1.82) is 0 Å². The van der Waals surface area contributed by atoms with Crippen molar-refractivity contribution in [3.05, 3.63) is 48.3 Å². The van der Waals surface area contributed by atoms with Gasteiger partial charge in [-0.1, -0.05) is 6.07 Å². The average molecular weight is 229 g/mol. The second kappa shape index (κ2) is 4.52. The van der Waals surface area contributed by atoms with Crippen LogP contribution in [-0.2, 0) is 0 Å². The molecule has 1 heterocycles. The maximum Gasteiger partial charge on any atom is 0.276 e. The molecule has 86 valence electrons. The highest BCUT2D eigenvalue weighted by Gasteiger charge is 2.10. The number of aromatic hydroxyl groups is 1. The molecule has 0 bridgehead atoms. The molecule has 5 heteroatoms. The predicted octanol–water partition coefficient (Wildman–Crippen LogP) is 1.62. The number of rotatable bonds is 2. The molecule has 0 aliphatic rings. The molecule has 5 nitrogen and oxygen atoms in total. The van der Waals surface area contributed by atoms with E-state index in [0.29, 0.717) is 11.4 Å². The second-order valence-electron chi connectivity index (χ2n) is 3.45. The number of hydrogen-bond donors (Lipinski definition) is 3. The Morgan fingerprint density at radius 1 is 1.29 bits per heavy atom. The van der Waals surface area contributed by atoms with Crippen molar-refractivity contribution in [3.8, 4) is 5.75 Å². The van der Waals surface area contributed by atoms with E-state index in [4.69, 9.17) is 5.73 Å². The minimum Gasteiger partial charge on any atom is -0.508 e. The fourth-order valence-electron chi connectivity index (χ4n) is 1.38. The molecule has 2 rings (SSSR count). The molecule has 0 spiro atoms. The van der Waals surface area contributed by atoms with E-state index in [0.717, 1.165) is 0 Å². The van der Waals surface area contributed by atoms with Crippen LogP contribution in [0.2, 0.25) is 0 Å². The first kappa shape index (κ1) is 10.9. The lowest BCUT2D eigenvalue weighted by molar-refractivity contribution is 0.102. The smallest absolute Gasteiger partial charge is 0.276 e. The van der Waals surface area contributed by atoms with Crippen molar-refractivity contribution in [1.82, 2.24) is 4.98 Å². The van der Waals surface area contributed by atoms with Gasteiger partial charge < -0.3 is 16.2 Å². The van der Waals surface area contributed by atoms with E-state index in [1.54, 1.807) is 24.3 Å². The SMILES string of the molecule is Nc1cccnc1C(=O)Nc1cccc(O)c1. The number of carbonyl (C=O) groups excluding carboxylic acids is 1. The number of nitrogens with zero attached hydrogens (tertiary/aromatic N) is 1. The van der Waals surface area contributed by atoms with Crippen molar-refractivity contribution < 1.29 is 9.90 Å². The number of benzene rings is 1. The van der Waals surface area contributed by atoms with Crippen LogP contribution in [0.3, 0.4) is 0 Å². The Labute approximate surface area is 97.9 Å². The number of carbonyl (C=O) groups is 1. The fourth-order valence-corrected chi connectivity index (χ4v) is 1.38. The largest absolute Gasteiger partial charge is 0.508 e. The van der Waals surface area contributed by atoms with Crippen molar-refractivity contribution in [2.24, 2.45) is 0 Å². The molecule has 0 aliphatic carbocycles. The van der Waals surface area contributed by atoms with Gasteiger partial charge in [-0.25, -0.2) is 4.98 Å². The van der Waals surface area contributed by atoms with Gasteiger partial charge in [0.05, 0.1) is 5.69 Å².